The molecule has 9 nitrogen and oxygen atoms in total. The summed E-state index contributed by atoms with van der Waals surface area (Å²) in [5, 5.41) is 12.7. The first-order chi connectivity index (χ1) is 32.6. The van der Waals surface area contributed by atoms with Crippen molar-refractivity contribution in [2.45, 2.75) is 137 Å². The summed E-state index contributed by atoms with van der Waals surface area (Å²) in [5.74, 6) is 2.73. The molecule has 10 bridgehead atoms. The number of rotatable bonds is 3. The highest BCUT2D eigenvalue weighted by molar-refractivity contribution is 5.59. The molecule has 0 radical (unpaired) electrons. The molecule has 9 heteroatoms. The zero-order valence-electron chi connectivity index (χ0n) is 43.8. The smallest absolute Gasteiger partial charge is 0.130 e. The van der Waals surface area contributed by atoms with Gasteiger partial charge in [-0.15, -0.1) is 0 Å². The van der Waals surface area contributed by atoms with E-state index in [2.05, 4.69) is 137 Å². The number of aromatic nitrogens is 1. The number of hydrogen-bond acceptors (Lipinski definition) is 9. The molecule has 7 rings (SSSR count). The van der Waals surface area contributed by atoms with Gasteiger partial charge in [-0.3, -0.25) is 4.98 Å². The van der Waals surface area contributed by atoms with Crippen molar-refractivity contribution in [3.8, 4) is 23.0 Å². The Balaban J connectivity index is 1.54. The Kier molecular flexibility index (Phi) is 16.6. The van der Waals surface area contributed by atoms with Gasteiger partial charge in [-0.2, -0.15) is 0 Å². The minimum atomic E-state index is -0.201. The predicted molar refractivity (Wildman–Crippen MR) is 276 cm³/mol. The SMILES string of the molecule is CC(C)(C)c1cc2c(O)c(c1)Cc1cc(C(C)(C)C)cc(c1OCc1ccccn1)Cc1cc(C(C)(C)C)cc3c1OCCOCCOCCOCCOCCOc1c(cc(C(C)(C)C)cc1C3)C2. The summed E-state index contributed by atoms with van der Waals surface area (Å²) in [6.07, 6.45) is 3.79. The third kappa shape index (κ3) is 13.7. The van der Waals surface area contributed by atoms with Gasteiger partial charge >= 0.3 is 0 Å². The van der Waals surface area contributed by atoms with Crippen LogP contribution in [0.4, 0.5) is 0 Å². The number of fused-ring (bicyclic) bond motifs is 4. The minimum Gasteiger partial charge on any atom is -0.507 e. The molecule has 0 saturated heterocycles. The highest BCUT2D eigenvalue weighted by Crippen LogP contribution is 2.44. The summed E-state index contributed by atoms with van der Waals surface area (Å²) in [6, 6.07) is 24.2. The van der Waals surface area contributed by atoms with Gasteiger partial charge in [-0.05, 0) is 101 Å². The summed E-state index contributed by atoms with van der Waals surface area (Å²) in [6.45, 7) is 31.7. The third-order valence-corrected chi connectivity index (χ3v) is 13.1. The normalized spacial score (nSPS) is 16.3. The van der Waals surface area contributed by atoms with Crippen molar-refractivity contribution in [3.63, 3.8) is 0 Å². The second-order valence-corrected chi connectivity index (χ2v) is 23.0. The quantitative estimate of drug-likeness (QED) is 0.186. The highest BCUT2D eigenvalue weighted by atomic mass is 16.6. The Labute approximate surface area is 413 Å². The maximum atomic E-state index is 12.7. The van der Waals surface area contributed by atoms with Gasteiger partial charge < -0.3 is 38.3 Å². The molecule has 0 fully saturated rings. The van der Waals surface area contributed by atoms with Crippen LogP contribution in [0.3, 0.4) is 0 Å². The van der Waals surface area contributed by atoms with E-state index in [9.17, 15) is 5.11 Å². The van der Waals surface area contributed by atoms with Crippen molar-refractivity contribution >= 4 is 0 Å². The average molecular weight is 942 g/mol. The van der Waals surface area contributed by atoms with Gasteiger partial charge in [0.1, 0.15) is 42.8 Å². The number of hydrogen-bond donors (Lipinski definition) is 1. The van der Waals surface area contributed by atoms with Crippen molar-refractivity contribution in [1.29, 1.82) is 0 Å². The summed E-state index contributed by atoms with van der Waals surface area (Å²) in [4.78, 5) is 4.66. The van der Waals surface area contributed by atoms with Crippen molar-refractivity contribution in [1.82, 2.24) is 4.98 Å². The number of ether oxygens (including phenoxy) is 7. The molecule has 1 aliphatic heterocycles. The Morgan fingerprint density at radius 3 is 1.12 bits per heavy atom. The zero-order chi connectivity index (χ0) is 49.6. The summed E-state index contributed by atoms with van der Waals surface area (Å²) >= 11 is 0. The van der Waals surface area contributed by atoms with E-state index in [-0.39, 0.29) is 34.0 Å². The van der Waals surface area contributed by atoms with Crippen molar-refractivity contribution in [2.75, 3.05) is 66.1 Å². The fourth-order valence-electron chi connectivity index (χ4n) is 8.99. The predicted octanol–water partition coefficient (Wildman–Crippen LogP) is 12.1. The molecule has 2 aliphatic rings. The van der Waals surface area contributed by atoms with Crippen molar-refractivity contribution in [3.05, 3.63) is 145 Å². The molecular weight excluding hydrogens is 863 g/mol. The zero-order valence-corrected chi connectivity index (χ0v) is 43.8. The van der Waals surface area contributed by atoms with E-state index in [0.29, 0.717) is 91.8 Å². The van der Waals surface area contributed by atoms with Crippen LogP contribution in [0, 0.1) is 0 Å². The van der Waals surface area contributed by atoms with Gasteiger partial charge in [0.2, 0.25) is 0 Å². The largest absolute Gasteiger partial charge is 0.507 e. The van der Waals surface area contributed by atoms with E-state index in [1.807, 2.05) is 24.4 Å². The molecule has 5 aromatic rings. The van der Waals surface area contributed by atoms with Crippen LogP contribution < -0.4 is 14.2 Å². The second kappa shape index (κ2) is 22.0. The second-order valence-electron chi connectivity index (χ2n) is 23.0. The molecule has 4 aromatic carbocycles. The van der Waals surface area contributed by atoms with Gasteiger partial charge in [-0.1, -0.05) is 138 Å². The van der Waals surface area contributed by atoms with E-state index in [4.69, 9.17) is 33.2 Å². The van der Waals surface area contributed by atoms with Crippen LogP contribution in [0.25, 0.3) is 0 Å². The lowest BCUT2D eigenvalue weighted by Gasteiger charge is -2.29. The first-order valence-electron chi connectivity index (χ1n) is 25.1. The van der Waals surface area contributed by atoms with Crippen LogP contribution in [0.1, 0.15) is 156 Å². The molecule has 0 spiro atoms. The monoisotopic (exact) mass is 942 g/mol. The fraction of sp³-hybridized carbons (Fsp3) is 0.517. The van der Waals surface area contributed by atoms with E-state index in [0.717, 1.165) is 73.0 Å². The van der Waals surface area contributed by atoms with E-state index in [1.165, 1.54) is 16.7 Å². The Bertz CT molecular complexity index is 2520. The van der Waals surface area contributed by atoms with Gasteiger partial charge in [-0.25, -0.2) is 0 Å². The Morgan fingerprint density at radius 2 is 0.754 bits per heavy atom. The van der Waals surface area contributed by atoms with Gasteiger partial charge in [0.15, 0.2) is 0 Å². The van der Waals surface area contributed by atoms with Crippen LogP contribution >= 0.6 is 0 Å². The molecular formula is C60H79NO8. The first-order valence-corrected chi connectivity index (χ1v) is 25.1. The highest BCUT2D eigenvalue weighted by Gasteiger charge is 2.29. The minimum absolute atomic E-state index is 0.184. The fourth-order valence-corrected chi connectivity index (χ4v) is 8.99. The standard InChI is InChI=1S/C60H79NO8/c1-57(2,3)48-31-40-27-42-33-49(58(4,5)6)35-44-29-45-36-51(60(10,11)12)37-46(55(45)68-26-24-66-22-20-64-18-17-63-19-21-65-23-25-67-54(42)44)30-47-38-50(59(7,8)9)34-43(28-41(32-48)53(40)62)56(47)69-39-52-15-13-14-16-61-52/h13-16,31-38,62H,17-30,39H2,1-12H3. The molecule has 0 saturated carbocycles. The van der Waals surface area contributed by atoms with Gasteiger partial charge in [0.05, 0.1) is 58.5 Å². The molecule has 1 aromatic heterocycles. The third-order valence-electron chi connectivity index (χ3n) is 13.1. The topological polar surface area (TPSA) is 97.7 Å². The van der Waals surface area contributed by atoms with E-state index >= 15 is 0 Å². The summed E-state index contributed by atoms with van der Waals surface area (Å²) in [5.41, 5.74) is 12.8. The number of nitrogens with zero attached hydrogens (tertiary/aromatic N) is 1. The first kappa shape index (κ1) is 51.9. The Hall–Kier alpha value is -4.93. The van der Waals surface area contributed by atoms with Crippen LogP contribution in [-0.4, -0.2) is 76.2 Å². The summed E-state index contributed by atoms with van der Waals surface area (Å²) < 4.78 is 44.8. The molecule has 0 atom stereocenters. The Morgan fingerprint density at radius 1 is 0.435 bits per heavy atom. The average Bonchev–Trinajstić information content (AvgIpc) is 3.26. The molecule has 372 valence electrons. The van der Waals surface area contributed by atoms with Crippen LogP contribution in [0.2, 0.25) is 0 Å². The van der Waals surface area contributed by atoms with Crippen LogP contribution in [-0.2, 0) is 72.9 Å². The maximum absolute atomic E-state index is 12.7. The van der Waals surface area contributed by atoms with Crippen molar-refractivity contribution < 1.29 is 38.3 Å². The van der Waals surface area contributed by atoms with Gasteiger partial charge in [0.25, 0.3) is 0 Å². The molecule has 2 heterocycles. The number of pyridine rings is 1. The number of benzene rings is 4. The van der Waals surface area contributed by atoms with E-state index in [1.54, 1.807) is 0 Å². The van der Waals surface area contributed by atoms with Crippen LogP contribution in [0.5, 0.6) is 23.0 Å². The molecule has 1 N–H and O–H groups in total. The molecule has 0 amide bonds. The molecule has 1 aliphatic carbocycles. The molecule has 69 heavy (non-hydrogen) atoms. The lowest BCUT2D eigenvalue weighted by Crippen LogP contribution is -2.18. The van der Waals surface area contributed by atoms with E-state index < -0.39 is 0 Å². The van der Waals surface area contributed by atoms with Gasteiger partial charge in [0, 0.05) is 31.9 Å². The number of phenolic OH excluding ortho intramolecular Hbond substituents is 1. The summed E-state index contributed by atoms with van der Waals surface area (Å²) in [7, 11) is 0. The lowest BCUT2D eigenvalue weighted by atomic mass is 9.79. The lowest BCUT2D eigenvalue weighted by molar-refractivity contribution is -0.00701. The van der Waals surface area contributed by atoms with Crippen LogP contribution in [0.15, 0.2) is 72.9 Å². The number of aromatic hydroxyl groups is 1. The molecule has 0 unspecified atom stereocenters. The number of phenols is 1. The van der Waals surface area contributed by atoms with Crippen molar-refractivity contribution in [2.24, 2.45) is 0 Å². The maximum Gasteiger partial charge on any atom is 0.130 e.